The highest BCUT2D eigenvalue weighted by Gasteiger charge is 2.42. The molecule has 6 rings (SSSR count). The average molecular weight is 484 g/mol. The molecule has 4 heterocycles. The average Bonchev–Trinajstić information content (AvgIpc) is 3.54. The molecule has 1 aliphatic carbocycles. The third kappa shape index (κ3) is 3.59. The topological polar surface area (TPSA) is 96.3 Å². The summed E-state index contributed by atoms with van der Waals surface area (Å²) < 4.78 is 7.29. The van der Waals surface area contributed by atoms with Gasteiger partial charge in [-0.3, -0.25) is 15.1 Å². The van der Waals surface area contributed by atoms with Crippen molar-refractivity contribution in [3.8, 4) is 10.8 Å². The number of ether oxygens (including phenoxy) is 1. The molecule has 2 aliphatic heterocycles. The number of thioether (sulfide) groups is 1. The SMILES string of the molecule is COc1ccc(NC(=O)CSc2nnc3n2-c2sc4c(c2C2NCNN32)C[C@@H](C)CC4)cc1. The number of aryl methyl sites for hydroxylation is 1. The van der Waals surface area contributed by atoms with E-state index < -0.39 is 0 Å². The number of carbonyl (C=O) groups is 1. The van der Waals surface area contributed by atoms with E-state index in [4.69, 9.17) is 4.74 Å². The number of thiophene rings is 1. The number of amides is 1. The lowest BCUT2D eigenvalue weighted by atomic mass is 9.87. The Balaban J connectivity index is 1.26. The number of anilines is 2. The Hall–Kier alpha value is -2.60. The van der Waals surface area contributed by atoms with Crippen molar-refractivity contribution in [2.24, 2.45) is 5.92 Å². The summed E-state index contributed by atoms with van der Waals surface area (Å²) >= 11 is 3.26. The molecule has 0 spiro atoms. The number of nitrogens with one attached hydrogen (secondary N) is 3. The van der Waals surface area contributed by atoms with Crippen LogP contribution in [0.5, 0.6) is 5.75 Å². The Kier molecular flexibility index (Phi) is 5.28. The third-order valence-electron chi connectivity index (χ3n) is 6.35. The molecule has 0 bridgehead atoms. The molecule has 172 valence electrons. The van der Waals surface area contributed by atoms with Gasteiger partial charge in [-0.15, -0.1) is 21.5 Å². The second-order valence-electron chi connectivity index (χ2n) is 8.57. The fourth-order valence-corrected chi connectivity index (χ4v) is 6.90. The Bertz CT molecular complexity index is 1210. The first-order chi connectivity index (χ1) is 16.1. The molecule has 1 amide bonds. The molecule has 3 aliphatic rings. The van der Waals surface area contributed by atoms with E-state index in [0.29, 0.717) is 12.6 Å². The standard InChI is InChI=1S/C22H25N7O2S2/c1-12-3-8-16-15(9-12)18-19-23-11-24-29(19)21-26-27-22(28(21)20(18)33-16)32-10-17(30)25-13-4-6-14(31-2)7-5-13/h4-7,12,19,23-24H,3,8-11H2,1-2H3,(H,25,30)/t12-,19?/m0/s1. The van der Waals surface area contributed by atoms with E-state index in [1.165, 1.54) is 39.2 Å². The van der Waals surface area contributed by atoms with Crippen molar-refractivity contribution in [1.82, 2.24) is 25.5 Å². The summed E-state index contributed by atoms with van der Waals surface area (Å²) in [6.07, 6.45) is 3.53. The lowest BCUT2D eigenvalue weighted by molar-refractivity contribution is -0.113. The first-order valence-corrected chi connectivity index (χ1v) is 12.9. The second kappa shape index (κ2) is 8.32. The summed E-state index contributed by atoms with van der Waals surface area (Å²) in [5.74, 6) is 2.37. The van der Waals surface area contributed by atoms with Gasteiger partial charge >= 0.3 is 0 Å². The van der Waals surface area contributed by atoms with Gasteiger partial charge in [0.05, 0.1) is 19.5 Å². The minimum Gasteiger partial charge on any atom is -0.497 e. The number of fused-ring (bicyclic) bond motifs is 8. The van der Waals surface area contributed by atoms with E-state index in [-0.39, 0.29) is 17.8 Å². The van der Waals surface area contributed by atoms with Gasteiger partial charge in [-0.1, -0.05) is 18.7 Å². The van der Waals surface area contributed by atoms with Gasteiger partial charge in [0, 0.05) is 16.1 Å². The van der Waals surface area contributed by atoms with Gasteiger partial charge in [-0.25, -0.2) is 9.99 Å². The number of aromatic nitrogens is 3. The Morgan fingerprint density at radius 3 is 3.00 bits per heavy atom. The first-order valence-electron chi connectivity index (χ1n) is 11.1. The van der Waals surface area contributed by atoms with Gasteiger partial charge in [-0.05, 0) is 55.0 Å². The summed E-state index contributed by atoms with van der Waals surface area (Å²) in [6, 6.07) is 7.31. The van der Waals surface area contributed by atoms with Crippen LogP contribution in [0, 0.1) is 5.92 Å². The van der Waals surface area contributed by atoms with Crippen LogP contribution in [-0.4, -0.2) is 40.2 Å². The van der Waals surface area contributed by atoms with Crippen LogP contribution in [-0.2, 0) is 17.6 Å². The lowest BCUT2D eigenvalue weighted by Gasteiger charge is -2.31. The quantitative estimate of drug-likeness (QED) is 0.477. The fourth-order valence-electron chi connectivity index (χ4n) is 4.73. The number of rotatable bonds is 5. The summed E-state index contributed by atoms with van der Waals surface area (Å²) in [7, 11) is 1.62. The van der Waals surface area contributed by atoms with Crippen LogP contribution in [0.25, 0.3) is 5.00 Å². The molecule has 2 aromatic heterocycles. The number of benzene rings is 1. The normalized spacial score (nSPS) is 20.6. The van der Waals surface area contributed by atoms with E-state index in [9.17, 15) is 4.79 Å². The summed E-state index contributed by atoms with van der Waals surface area (Å²) in [5, 5.41) is 19.4. The van der Waals surface area contributed by atoms with Crippen LogP contribution in [0.15, 0.2) is 29.4 Å². The Morgan fingerprint density at radius 2 is 2.18 bits per heavy atom. The smallest absolute Gasteiger partial charge is 0.249 e. The zero-order chi connectivity index (χ0) is 22.5. The number of hydrogen-bond acceptors (Lipinski definition) is 9. The molecule has 11 heteroatoms. The maximum Gasteiger partial charge on any atom is 0.249 e. The highest BCUT2D eigenvalue weighted by atomic mass is 32.2. The van der Waals surface area contributed by atoms with Crippen LogP contribution < -0.4 is 25.8 Å². The summed E-state index contributed by atoms with van der Waals surface area (Å²) in [6.45, 7) is 3.02. The molecule has 9 nitrogen and oxygen atoms in total. The molecular formula is C22H25N7O2S2. The van der Waals surface area contributed by atoms with Crippen molar-refractivity contribution in [2.45, 2.75) is 37.5 Å². The van der Waals surface area contributed by atoms with Gasteiger partial charge in [0.15, 0.2) is 5.16 Å². The maximum atomic E-state index is 12.6. The van der Waals surface area contributed by atoms with E-state index in [1.807, 2.05) is 35.6 Å². The van der Waals surface area contributed by atoms with E-state index in [1.54, 1.807) is 7.11 Å². The van der Waals surface area contributed by atoms with E-state index in [0.717, 1.165) is 35.4 Å². The molecular weight excluding hydrogens is 458 g/mol. The minimum atomic E-state index is -0.0864. The molecule has 1 saturated heterocycles. The highest BCUT2D eigenvalue weighted by molar-refractivity contribution is 7.99. The minimum absolute atomic E-state index is 0.0678. The summed E-state index contributed by atoms with van der Waals surface area (Å²) in [5.41, 5.74) is 6.94. The molecule has 0 radical (unpaired) electrons. The van der Waals surface area contributed by atoms with Gasteiger partial charge in [0.1, 0.15) is 16.9 Å². The fraction of sp³-hybridized carbons (Fsp3) is 0.409. The van der Waals surface area contributed by atoms with Crippen molar-refractivity contribution < 1.29 is 9.53 Å². The molecule has 3 aromatic rings. The summed E-state index contributed by atoms with van der Waals surface area (Å²) in [4.78, 5) is 14.1. The van der Waals surface area contributed by atoms with Crippen molar-refractivity contribution in [3.05, 3.63) is 40.3 Å². The predicted octanol–water partition coefficient (Wildman–Crippen LogP) is 3.08. The maximum absolute atomic E-state index is 12.6. The van der Waals surface area contributed by atoms with Crippen molar-refractivity contribution in [2.75, 3.05) is 29.9 Å². The number of nitrogens with zero attached hydrogens (tertiary/aromatic N) is 4. The molecule has 1 aromatic carbocycles. The number of hydrazine groups is 1. The Labute approximate surface area is 199 Å². The number of hydrogen-bond donors (Lipinski definition) is 3. The molecule has 3 N–H and O–H groups in total. The molecule has 1 fully saturated rings. The Morgan fingerprint density at radius 1 is 1.33 bits per heavy atom. The molecule has 33 heavy (non-hydrogen) atoms. The van der Waals surface area contributed by atoms with Crippen molar-refractivity contribution in [3.63, 3.8) is 0 Å². The zero-order valence-corrected chi connectivity index (χ0v) is 20.1. The van der Waals surface area contributed by atoms with E-state index in [2.05, 4.69) is 42.8 Å². The van der Waals surface area contributed by atoms with Gasteiger partial charge in [0.2, 0.25) is 11.9 Å². The van der Waals surface area contributed by atoms with Crippen LogP contribution >= 0.6 is 23.1 Å². The van der Waals surface area contributed by atoms with Crippen molar-refractivity contribution >= 4 is 40.6 Å². The zero-order valence-electron chi connectivity index (χ0n) is 18.4. The largest absolute Gasteiger partial charge is 0.497 e. The monoisotopic (exact) mass is 483 g/mol. The highest BCUT2D eigenvalue weighted by Crippen LogP contribution is 2.48. The van der Waals surface area contributed by atoms with Crippen molar-refractivity contribution in [1.29, 1.82) is 0 Å². The molecule has 0 saturated carbocycles. The lowest BCUT2D eigenvalue weighted by Crippen LogP contribution is -2.39. The van der Waals surface area contributed by atoms with Gasteiger partial charge < -0.3 is 10.1 Å². The number of carbonyl (C=O) groups excluding carboxylic acids is 1. The predicted molar refractivity (Wildman–Crippen MR) is 129 cm³/mol. The van der Waals surface area contributed by atoms with Crippen LogP contribution in [0.2, 0.25) is 0 Å². The number of methoxy groups -OCH3 is 1. The van der Waals surface area contributed by atoms with Crippen LogP contribution in [0.1, 0.15) is 35.5 Å². The molecule has 2 atom stereocenters. The second-order valence-corrected chi connectivity index (χ2v) is 10.6. The van der Waals surface area contributed by atoms with Crippen LogP contribution in [0.3, 0.4) is 0 Å². The molecule has 1 unspecified atom stereocenters. The first kappa shape index (κ1) is 21.0. The van der Waals surface area contributed by atoms with Gasteiger partial charge in [0.25, 0.3) is 0 Å². The third-order valence-corrected chi connectivity index (χ3v) is 8.57. The van der Waals surface area contributed by atoms with Crippen LogP contribution in [0.4, 0.5) is 11.6 Å². The van der Waals surface area contributed by atoms with E-state index >= 15 is 0 Å². The van der Waals surface area contributed by atoms with Gasteiger partial charge in [-0.2, -0.15) is 0 Å².